The van der Waals surface area contributed by atoms with Crippen LogP contribution in [0, 0.1) is 0 Å². The van der Waals surface area contributed by atoms with E-state index >= 15 is 0 Å². The molecule has 128 valence electrons. The first-order chi connectivity index (χ1) is 12.0. The van der Waals surface area contributed by atoms with Crippen LogP contribution >= 0.6 is 0 Å². The average molecular weight is 340 g/mol. The van der Waals surface area contributed by atoms with Gasteiger partial charge in [0.1, 0.15) is 11.4 Å². The lowest BCUT2D eigenvalue weighted by Crippen LogP contribution is -2.24. The molecular weight excluding hydrogens is 324 g/mol. The minimum atomic E-state index is -0.759. The number of hydrogen-bond acceptors (Lipinski definition) is 6. The molecule has 0 fully saturated rings. The van der Waals surface area contributed by atoms with E-state index in [0.717, 1.165) is 0 Å². The number of pyridine rings is 1. The van der Waals surface area contributed by atoms with Crippen molar-refractivity contribution in [1.82, 2.24) is 9.38 Å². The summed E-state index contributed by atoms with van der Waals surface area (Å²) in [5.74, 6) is -1.67. The largest absolute Gasteiger partial charge is 0.508 e. The molecule has 1 unspecified atom stereocenters. The summed E-state index contributed by atoms with van der Waals surface area (Å²) < 4.78 is 6.02. The van der Waals surface area contributed by atoms with E-state index in [2.05, 4.69) is 4.98 Å². The van der Waals surface area contributed by atoms with Gasteiger partial charge in [0.25, 0.3) is 5.56 Å². The smallest absolute Gasteiger partial charge is 0.306 e. The Morgan fingerprint density at radius 1 is 1.20 bits per heavy atom. The van der Waals surface area contributed by atoms with Crippen molar-refractivity contribution in [2.75, 3.05) is 7.11 Å². The Morgan fingerprint density at radius 2 is 1.92 bits per heavy atom. The highest BCUT2D eigenvalue weighted by atomic mass is 16.5. The van der Waals surface area contributed by atoms with Gasteiger partial charge in [0, 0.05) is 12.1 Å². The molecule has 0 spiro atoms. The Hall–Kier alpha value is -3.35. The van der Waals surface area contributed by atoms with Gasteiger partial charge in [-0.05, 0) is 29.8 Å². The summed E-state index contributed by atoms with van der Waals surface area (Å²) in [5.41, 5.74) is 0.412. The third-order valence-electron chi connectivity index (χ3n) is 3.99. The second kappa shape index (κ2) is 6.64. The number of phenols is 1. The lowest BCUT2D eigenvalue weighted by Gasteiger charge is -2.17. The van der Waals surface area contributed by atoms with E-state index in [4.69, 9.17) is 4.74 Å². The van der Waals surface area contributed by atoms with Crippen molar-refractivity contribution in [3.63, 3.8) is 0 Å². The summed E-state index contributed by atoms with van der Waals surface area (Å²) in [6.45, 7) is 0. The second-order valence-electron chi connectivity index (χ2n) is 5.51. The standard InChI is InChI=1S/C18H16N2O5/c1-25-15(22)10-13(11-5-7-12(21)8-6-11)16-17(23)19-14-4-2-3-9-20(14)18(16)24/h2-9,13,21,23H,10H2,1H3. The van der Waals surface area contributed by atoms with Crippen molar-refractivity contribution in [2.45, 2.75) is 12.3 Å². The van der Waals surface area contributed by atoms with E-state index in [9.17, 15) is 19.8 Å². The summed E-state index contributed by atoms with van der Waals surface area (Å²) in [6.07, 6.45) is 1.39. The van der Waals surface area contributed by atoms with Crippen LogP contribution < -0.4 is 5.56 Å². The molecule has 0 aliphatic rings. The first-order valence-electron chi connectivity index (χ1n) is 7.57. The van der Waals surface area contributed by atoms with E-state index in [-0.39, 0.29) is 17.7 Å². The Morgan fingerprint density at radius 3 is 2.60 bits per heavy atom. The predicted octanol–water partition coefficient (Wildman–Crippen LogP) is 1.80. The second-order valence-corrected chi connectivity index (χ2v) is 5.51. The molecule has 1 atom stereocenters. The highest BCUT2D eigenvalue weighted by Crippen LogP contribution is 2.32. The van der Waals surface area contributed by atoms with Crippen LogP contribution in [0.1, 0.15) is 23.5 Å². The van der Waals surface area contributed by atoms with Crippen LogP contribution in [0.15, 0.2) is 53.5 Å². The van der Waals surface area contributed by atoms with Crippen LogP contribution in [0.3, 0.4) is 0 Å². The number of rotatable bonds is 4. The number of phenolic OH excluding ortho intramolecular Hbond substituents is 1. The van der Waals surface area contributed by atoms with Gasteiger partial charge in [0.05, 0.1) is 19.1 Å². The molecule has 0 saturated carbocycles. The Balaban J connectivity index is 2.22. The van der Waals surface area contributed by atoms with E-state index in [1.165, 1.54) is 23.6 Å². The molecule has 0 radical (unpaired) electrons. The van der Waals surface area contributed by atoms with Gasteiger partial charge in [0.2, 0.25) is 5.88 Å². The molecule has 0 saturated heterocycles. The lowest BCUT2D eigenvalue weighted by molar-refractivity contribution is -0.140. The first kappa shape index (κ1) is 16.5. The van der Waals surface area contributed by atoms with Crippen LogP contribution in [0.25, 0.3) is 5.65 Å². The zero-order valence-corrected chi connectivity index (χ0v) is 13.4. The molecule has 2 aromatic heterocycles. The monoisotopic (exact) mass is 340 g/mol. The molecular formula is C18H16N2O5. The zero-order chi connectivity index (χ0) is 18.0. The number of carbonyl (C=O) groups is 1. The zero-order valence-electron chi connectivity index (χ0n) is 13.4. The molecule has 0 aliphatic heterocycles. The number of carbonyl (C=O) groups excluding carboxylic acids is 1. The summed E-state index contributed by atoms with van der Waals surface area (Å²) in [4.78, 5) is 28.8. The third-order valence-corrected chi connectivity index (χ3v) is 3.99. The van der Waals surface area contributed by atoms with Gasteiger partial charge < -0.3 is 14.9 Å². The van der Waals surface area contributed by atoms with Crippen molar-refractivity contribution < 1.29 is 19.7 Å². The normalized spacial score (nSPS) is 12.0. The van der Waals surface area contributed by atoms with Crippen molar-refractivity contribution in [3.05, 3.63) is 70.1 Å². The number of hydrogen-bond donors (Lipinski definition) is 2. The van der Waals surface area contributed by atoms with Crippen molar-refractivity contribution in [2.24, 2.45) is 0 Å². The van der Waals surface area contributed by atoms with Gasteiger partial charge >= 0.3 is 5.97 Å². The third kappa shape index (κ3) is 3.16. The van der Waals surface area contributed by atoms with E-state index < -0.39 is 23.3 Å². The summed E-state index contributed by atoms with van der Waals surface area (Å²) in [7, 11) is 1.25. The Labute approximate surface area is 142 Å². The molecule has 1 aromatic carbocycles. The Kier molecular flexibility index (Phi) is 4.38. The number of ether oxygens (including phenoxy) is 1. The van der Waals surface area contributed by atoms with E-state index in [1.54, 1.807) is 36.5 Å². The van der Waals surface area contributed by atoms with Crippen molar-refractivity contribution in [1.29, 1.82) is 0 Å². The van der Waals surface area contributed by atoms with Gasteiger partial charge in [-0.2, -0.15) is 4.98 Å². The fraction of sp³-hybridized carbons (Fsp3) is 0.167. The molecule has 3 aromatic rings. The van der Waals surface area contributed by atoms with Crippen LogP contribution in [0.2, 0.25) is 0 Å². The van der Waals surface area contributed by atoms with Gasteiger partial charge in [-0.1, -0.05) is 18.2 Å². The van der Waals surface area contributed by atoms with Crippen molar-refractivity contribution in [3.8, 4) is 11.6 Å². The van der Waals surface area contributed by atoms with Crippen LogP contribution in [-0.2, 0) is 9.53 Å². The lowest BCUT2D eigenvalue weighted by atomic mass is 9.89. The highest BCUT2D eigenvalue weighted by molar-refractivity contribution is 5.71. The van der Waals surface area contributed by atoms with Gasteiger partial charge in [0.15, 0.2) is 0 Å². The molecule has 3 rings (SSSR count). The number of aromatic nitrogens is 2. The van der Waals surface area contributed by atoms with Gasteiger partial charge in [-0.25, -0.2) is 0 Å². The van der Waals surface area contributed by atoms with Gasteiger partial charge in [-0.15, -0.1) is 0 Å². The average Bonchev–Trinajstić information content (AvgIpc) is 2.61. The first-order valence-corrected chi connectivity index (χ1v) is 7.57. The number of benzene rings is 1. The molecule has 7 nitrogen and oxygen atoms in total. The summed E-state index contributed by atoms with van der Waals surface area (Å²) in [5, 5.41) is 19.8. The highest BCUT2D eigenvalue weighted by Gasteiger charge is 2.26. The number of fused-ring (bicyclic) bond motifs is 1. The minimum absolute atomic E-state index is 0.000195. The fourth-order valence-corrected chi connectivity index (χ4v) is 2.74. The fourth-order valence-electron chi connectivity index (χ4n) is 2.74. The quantitative estimate of drug-likeness (QED) is 0.702. The molecule has 2 N–H and O–H groups in total. The molecule has 0 bridgehead atoms. The number of nitrogens with zero attached hydrogens (tertiary/aromatic N) is 2. The van der Waals surface area contributed by atoms with Crippen LogP contribution in [0.5, 0.6) is 11.6 Å². The molecule has 25 heavy (non-hydrogen) atoms. The maximum atomic E-state index is 12.9. The van der Waals surface area contributed by atoms with Gasteiger partial charge in [-0.3, -0.25) is 14.0 Å². The Bertz CT molecular complexity index is 979. The number of aromatic hydroxyl groups is 2. The molecule has 0 amide bonds. The van der Waals surface area contributed by atoms with Crippen molar-refractivity contribution >= 4 is 11.6 Å². The molecule has 7 heteroatoms. The topological polar surface area (TPSA) is 101 Å². The van der Waals surface area contributed by atoms with Crippen LogP contribution in [0.4, 0.5) is 0 Å². The molecule has 0 aliphatic carbocycles. The maximum Gasteiger partial charge on any atom is 0.306 e. The number of methoxy groups -OCH3 is 1. The molecule has 2 heterocycles. The van der Waals surface area contributed by atoms with E-state index in [0.29, 0.717) is 11.2 Å². The summed E-state index contributed by atoms with van der Waals surface area (Å²) in [6, 6.07) is 11.0. The summed E-state index contributed by atoms with van der Waals surface area (Å²) >= 11 is 0. The predicted molar refractivity (Wildman–Crippen MR) is 89.7 cm³/mol. The maximum absolute atomic E-state index is 12.9. The number of esters is 1. The minimum Gasteiger partial charge on any atom is -0.508 e. The van der Waals surface area contributed by atoms with Crippen LogP contribution in [-0.4, -0.2) is 32.7 Å². The SMILES string of the molecule is COC(=O)CC(c1ccc(O)cc1)c1c(O)nc2ccccn2c1=O. The van der Waals surface area contributed by atoms with E-state index in [1.807, 2.05) is 0 Å².